The average molecular weight is 492 g/mol. The molecular weight excluding hydrogens is 454 g/mol. The molecule has 2 atom stereocenters. The molecule has 2 saturated heterocycles. The van der Waals surface area contributed by atoms with Gasteiger partial charge in [-0.25, -0.2) is 14.8 Å². The number of likely N-dealkylation sites (tertiary alicyclic amines) is 1. The minimum absolute atomic E-state index is 0.00679. The maximum Gasteiger partial charge on any atom is 0.318 e. The smallest absolute Gasteiger partial charge is 0.318 e. The second-order valence-corrected chi connectivity index (χ2v) is 9.98. The Morgan fingerprint density at radius 2 is 1.75 bits per heavy atom. The average Bonchev–Trinajstić information content (AvgIpc) is 2.90. The van der Waals surface area contributed by atoms with Crippen LogP contribution in [0.15, 0.2) is 36.7 Å². The summed E-state index contributed by atoms with van der Waals surface area (Å²) in [6.07, 6.45) is 6.44. The van der Waals surface area contributed by atoms with Crippen LogP contribution in [0, 0.1) is 17.2 Å². The molecule has 4 rings (SSSR count). The van der Waals surface area contributed by atoms with Crippen LogP contribution in [0.4, 0.5) is 10.7 Å². The number of carbonyl (C=O) groups excluding carboxylic acids is 1. The molecule has 1 N–H and O–H groups in total. The van der Waals surface area contributed by atoms with Crippen molar-refractivity contribution in [2.45, 2.75) is 51.7 Å². The van der Waals surface area contributed by atoms with Gasteiger partial charge in [0.1, 0.15) is 11.8 Å². The number of aromatic nitrogens is 2. The molecule has 0 spiro atoms. The van der Waals surface area contributed by atoms with E-state index in [1.165, 1.54) is 18.4 Å². The van der Waals surface area contributed by atoms with Crippen molar-refractivity contribution in [3.05, 3.63) is 47.8 Å². The van der Waals surface area contributed by atoms with E-state index in [-0.39, 0.29) is 18.1 Å². The summed E-state index contributed by atoms with van der Waals surface area (Å²) in [6.45, 7) is 9.32. The number of ether oxygens (including phenoxy) is 1. The zero-order valence-electron chi connectivity index (χ0n) is 21.6. The number of nitrogens with zero attached hydrogens (tertiary/aromatic N) is 6. The summed E-state index contributed by atoms with van der Waals surface area (Å²) in [6, 6.07) is 10.4. The van der Waals surface area contributed by atoms with Gasteiger partial charge in [0, 0.05) is 38.3 Å². The highest BCUT2D eigenvalue weighted by atomic mass is 16.5. The highest BCUT2D eigenvalue weighted by Crippen LogP contribution is 2.23. The van der Waals surface area contributed by atoms with E-state index in [1.807, 2.05) is 23.1 Å². The van der Waals surface area contributed by atoms with Crippen molar-refractivity contribution in [1.29, 1.82) is 5.26 Å². The van der Waals surface area contributed by atoms with E-state index < -0.39 is 0 Å². The molecule has 9 nitrogen and oxygen atoms in total. The Bertz CT molecular complexity index is 1020. The number of rotatable bonds is 7. The summed E-state index contributed by atoms with van der Waals surface area (Å²) in [5.41, 5.74) is 1.76. The van der Waals surface area contributed by atoms with Gasteiger partial charge in [-0.2, -0.15) is 5.26 Å². The van der Waals surface area contributed by atoms with Crippen LogP contribution in [0.3, 0.4) is 0 Å². The predicted molar refractivity (Wildman–Crippen MR) is 139 cm³/mol. The number of nitriles is 1. The van der Waals surface area contributed by atoms with Crippen molar-refractivity contribution in [1.82, 2.24) is 25.1 Å². The second kappa shape index (κ2) is 12.0. The zero-order chi connectivity index (χ0) is 25.5. The molecule has 0 unspecified atom stereocenters. The molecule has 36 heavy (non-hydrogen) atoms. The molecule has 1 aromatic carbocycles. The van der Waals surface area contributed by atoms with Crippen molar-refractivity contribution in [2.24, 2.45) is 5.92 Å². The minimum atomic E-state index is 0.00679. The number of urea groups is 1. The number of piperidine rings is 1. The summed E-state index contributed by atoms with van der Waals surface area (Å²) >= 11 is 0. The molecule has 0 bridgehead atoms. The molecule has 1 aromatic heterocycles. The normalized spacial score (nSPS) is 21.2. The maximum absolute atomic E-state index is 13.0. The lowest BCUT2D eigenvalue weighted by Crippen LogP contribution is -2.61. The van der Waals surface area contributed by atoms with Crippen LogP contribution in [-0.4, -0.2) is 77.7 Å². The van der Waals surface area contributed by atoms with Gasteiger partial charge >= 0.3 is 6.03 Å². The zero-order valence-corrected chi connectivity index (χ0v) is 21.6. The van der Waals surface area contributed by atoms with Gasteiger partial charge in [-0.05, 0) is 69.8 Å². The van der Waals surface area contributed by atoms with Crippen molar-refractivity contribution >= 4 is 12.0 Å². The third-order valence-corrected chi connectivity index (χ3v) is 7.30. The molecule has 2 aliphatic heterocycles. The summed E-state index contributed by atoms with van der Waals surface area (Å²) < 4.78 is 5.25. The van der Waals surface area contributed by atoms with E-state index in [0.717, 1.165) is 31.8 Å². The van der Waals surface area contributed by atoms with Crippen LogP contribution >= 0.6 is 0 Å². The number of hydrogen-bond acceptors (Lipinski definition) is 7. The lowest BCUT2D eigenvalue weighted by molar-refractivity contribution is 0.139. The maximum atomic E-state index is 13.0. The molecule has 0 saturated carbocycles. The van der Waals surface area contributed by atoms with E-state index in [1.54, 1.807) is 19.5 Å². The number of amides is 2. The summed E-state index contributed by atoms with van der Waals surface area (Å²) in [4.78, 5) is 28.2. The molecule has 2 aromatic rings. The lowest BCUT2D eigenvalue weighted by Gasteiger charge is -2.44. The van der Waals surface area contributed by atoms with Crippen LogP contribution in [0.5, 0.6) is 5.75 Å². The molecule has 2 amide bonds. The number of carbonyl (C=O) groups is 1. The quantitative estimate of drug-likeness (QED) is 0.635. The van der Waals surface area contributed by atoms with Gasteiger partial charge in [0.2, 0.25) is 5.95 Å². The number of nitrogens with one attached hydrogen (secondary N) is 1. The monoisotopic (exact) mass is 491 g/mol. The molecule has 192 valence electrons. The highest BCUT2D eigenvalue weighted by molar-refractivity contribution is 5.75. The first-order valence-electron chi connectivity index (χ1n) is 12.9. The predicted octanol–water partition coefficient (Wildman–Crippen LogP) is 3.27. The van der Waals surface area contributed by atoms with Crippen LogP contribution in [0.25, 0.3) is 0 Å². The van der Waals surface area contributed by atoms with Gasteiger partial charge < -0.3 is 19.9 Å². The molecule has 0 radical (unpaired) electrons. The highest BCUT2D eigenvalue weighted by Gasteiger charge is 2.34. The summed E-state index contributed by atoms with van der Waals surface area (Å²) in [5, 5.41) is 12.1. The fourth-order valence-corrected chi connectivity index (χ4v) is 5.33. The first kappa shape index (κ1) is 25.7. The standard InChI is InChI=1S/C27H37N7O2/c1-20-17-33(26-30-15-24(14-28)16-31-26)18-21(2)34(20)27(35)29-11-8-22-9-12-32(13-10-22)19-23-4-6-25(36-3)7-5-23/h4-7,15-16,20-22H,8-13,17-19H2,1-3H3,(H,29,35)/t20-,21+. The molecule has 9 heteroatoms. The van der Waals surface area contributed by atoms with Crippen LogP contribution in [0.2, 0.25) is 0 Å². The van der Waals surface area contributed by atoms with E-state index in [4.69, 9.17) is 10.00 Å². The third-order valence-electron chi connectivity index (χ3n) is 7.30. The van der Waals surface area contributed by atoms with E-state index in [9.17, 15) is 4.79 Å². The molecule has 2 fully saturated rings. The van der Waals surface area contributed by atoms with Crippen molar-refractivity contribution in [3.63, 3.8) is 0 Å². The van der Waals surface area contributed by atoms with Crippen LogP contribution in [-0.2, 0) is 6.54 Å². The number of hydrogen-bond donors (Lipinski definition) is 1. The topological polar surface area (TPSA) is 97.6 Å². The second-order valence-electron chi connectivity index (χ2n) is 9.98. The van der Waals surface area contributed by atoms with Crippen LogP contribution in [0.1, 0.15) is 44.2 Å². The van der Waals surface area contributed by atoms with Gasteiger partial charge in [-0.3, -0.25) is 4.90 Å². The minimum Gasteiger partial charge on any atom is -0.497 e. The van der Waals surface area contributed by atoms with E-state index >= 15 is 0 Å². The van der Waals surface area contributed by atoms with Gasteiger partial charge in [-0.15, -0.1) is 0 Å². The number of methoxy groups -OCH3 is 1. The fraction of sp³-hybridized carbons (Fsp3) is 0.556. The Morgan fingerprint density at radius 1 is 1.11 bits per heavy atom. The lowest BCUT2D eigenvalue weighted by atomic mass is 9.93. The van der Waals surface area contributed by atoms with E-state index in [2.05, 4.69) is 51.1 Å². The third kappa shape index (κ3) is 6.43. The Hall–Kier alpha value is -3.38. The Balaban J connectivity index is 1.17. The first-order chi connectivity index (χ1) is 17.5. The Morgan fingerprint density at radius 3 is 2.33 bits per heavy atom. The number of piperazine rings is 1. The molecule has 0 aliphatic carbocycles. The van der Waals surface area contributed by atoms with E-state index in [0.29, 0.717) is 37.1 Å². The molecule has 3 heterocycles. The van der Waals surface area contributed by atoms with Gasteiger partial charge in [-0.1, -0.05) is 12.1 Å². The first-order valence-corrected chi connectivity index (χ1v) is 12.9. The number of anilines is 1. The van der Waals surface area contributed by atoms with Crippen molar-refractivity contribution < 1.29 is 9.53 Å². The molecule has 2 aliphatic rings. The van der Waals surface area contributed by atoms with Crippen molar-refractivity contribution in [2.75, 3.05) is 44.7 Å². The van der Waals surface area contributed by atoms with Gasteiger partial charge in [0.25, 0.3) is 0 Å². The summed E-state index contributed by atoms with van der Waals surface area (Å²) in [7, 11) is 1.69. The molecular formula is C27H37N7O2. The largest absolute Gasteiger partial charge is 0.497 e. The summed E-state index contributed by atoms with van der Waals surface area (Å²) in [5.74, 6) is 2.15. The van der Waals surface area contributed by atoms with Gasteiger partial charge in [0.15, 0.2) is 0 Å². The number of benzene rings is 1. The fourth-order valence-electron chi connectivity index (χ4n) is 5.33. The Kier molecular flexibility index (Phi) is 8.60. The van der Waals surface area contributed by atoms with Crippen LogP contribution < -0.4 is 15.0 Å². The van der Waals surface area contributed by atoms with Gasteiger partial charge in [0.05, 0.1) is 25.1 Å². The Labute approximate surface area is 214 Å². The van der Waals surface area contributed by atoms with Crippen molar-refractivity contribution in [3.8, 4) is 11.8 Å². The SMILES string of the molecule is COc1ccc(CN2CCC(CCNC(=O)N3[C@H](C)CN(c4ncc(C#N)cn4)C[C@@H]3C)CC2)cc1.